The van der Waals surface area contributed by atoms with Crippen LogP contribution in [0, 0.1) is 0 Å². The summed E-state index contributed by atoms with van der Waals surface area (Å²) in [5.74, 6) is 0.340. The maximum atomic E-state index is 8.85. The largest absolute Gasteiger partial charge is 0.508 e. The van der Waals surface area contributed by atoms with E-state index in [1.54, 1.807) is 12.1 Å². The second kappa shape index (κ2) is 8.80. The van der Waals surface area contributed by atoms with Crippen LogP contribution >= 0.6 is 0 Å². The zero-order chi connectivity index (χ0) is 8.69. The zero-order valence-electron chi connectivity index (χ0n) is 7.87. The molecule has 0 aliphatic rings. The van der Waals surface area contributed by atoms with E-state index in [-0.39, 0.29) is 21.1 Å². The minimum atomic E-state index is 0. The quantitative estimate of drug-likeness (QED) is 0.836. The van der Waals surface area contributed by atoms with Crippen molar-refractivity contribution in [2.24, 2.45) is 0 Å². The summed E-state index contributed by atoms with van der Waals surface area (Å²) in [4.78, 5) is 0. The van der Waals surface area contributed by atoms with Gasteiger partial charge >= 0.3 is 0 Å². The smallest absolute Gasteiger partial charge is 0.115 e. The van der Waals surface area contributed by atoms with Crippen LogP contribution in [0.5, 0.6) is 5.75 Å². The van der Waals surface area contributed by atoms with E-state index in [4.69, 9.17) is 5.11 Å². The Morgan fingerprint density at radius 1 is 1.08 bits per heavy atom. The van der Waals surface area contributed by atoms with Crippen LogP contribution in [0.2, 0.25) is 0 Å². The van der Waals surface area contributed by atoms with E-state index >= 15 is 0 Å². The molecule has 0 radical (unpaired) electrons. The molecule has 1 aromatic carbocycles. The third-order valence-corrected chi connectivity index (χ3v) is 1.34. The van der Waals surface area contributed by atoms with Gasteiger partial charge in [0.2, 0.25) is 0 Å². The standard InChI is InChI=1S/C8H10O.C2H6.W/c1-2-7-3-5-8(9)6-4-7;1-2;/h3-6,9H,2H2,1H3;1-2H3;. The van der Waals surface area contributed by atoms with Crippen LogP contribution in [-0.2, 0) is 27.5 Å². The van der Waals surface area contributed by atoms with Gasteiger partial charge in [0, 0.05) is 21.1 Å². The summed E-state index contributed by atoms with van der Waals surface area (Å²) < 4.78 is 0. The summed E-state index contributed by atoms with van der Waals surface area (Å²) in [6.07, 6.45) is 1.03. The first kappa shape index (κ1) is 14.2. The monoisotopic (exact) mass is 336 g/mol. The molecule has 0 saturated carbocycles. The zero-order valence-corrected chi connectivity index (χ0v) is 10.8. The molecule has 0 atom stereocenters. The topological polar surface area (TPSA) is 20.2 Å². The van der Waals surface area contributed by atoms with Crippen LogP contribution in [0.4, 0.5) is 0 Å². The van der Waals surface area contributed by atoms with Gasteiger partial charge in [0.1, 0.15) is 5.75 Å². The second-order valence-electron chi connectivity index (χ2n) is 2.02. The predicted molar refractivity (Wildman–Crippen MR) is 48.8 cm³/mol. The van der Waals surface area contributed by atoms with Crippen LogP contribution in [-0.4, -0.2) is 5.11 Å². The van der Waals surface area contributed by atoms with E-state index in [9.17, 15) is 0 Å². The van der Waals surface area contributed by atoms with Crippen molar-refractivity contribution in [2.45, 2.75) is 27.2 Å². The molecule has 1 nitrogen and oxygen atoms in total. The Bertz CT molecular complexity index is 182. The van der Waals surface area contributed by atoms with Crippen molar-refractivity contribution in [3.63, 3.8) is 0 Å². The summed E-state index contributed by atoms with van der Waals surface area (Å²) >= 11 is 0. The van der Waals surface area contributed by atoms with Gasteiger partial charge < -0.3 is 5.11 Å². The van der Waals surface area contributed by atoms with Gasteiger partial charge in [-0.15, -0.1) is 0 Å². The van der Waals surface area contributed by atoms with Crippen LogP contribution in [0.1, 0.15) is 26.3 Å². The fraction of sp³-hybridized carbons (Fsp3) is 0.400. The minimum absolute atomic E-state index is 0. The predicted octanol–water partition coefficient (Wildman–Crippen LogP) is 2.98. The number of phenolic OH excluding ortho intramolecular Hbond substituents is 1. The Labute approximate surface area is 89.1 Å². The Balaban J connectivity index is 0. The average Bonchev–Trinajstić information content (AvgIpc) is 2.10. The van der Waals surface area contributed by atoms with Gasteiger partial charge in [-0.3, -0.25) is 0 Å². The SMILES string of the molecule is CC.CCc1ccc(O)cc1.[W]. The molecule has 12 heavy (non-hydrogen) atoms. The van der Waals surface area contributed by atoms with Crippen molar-refractivity contribution >= 4 is 0 Å². The molecule has 0 unspecified atom stereocenters. The van der Waals surface area contributed by atoms with Gasteiger partial charge in [0.15, 0.2) is 0 Å². The van der Waals surface area contributed by atoms with Crippen molar-refractivity contribution in [3.8, 4) is 5.75 Å². The first-order valence-electron chi connectivity index (χ1n) is 4.11. The number of aryl methyl sites for hydroxylation is 1. The number of hydrogen-bond acceptors (Lipinski definition) is 1. The minimum Gasteiger partial charge on any atom is -0.508 e. The summed E-state index contributed by atoms with van der Waals surface area (Å²) in [6.45, 7) is 6.09. The Morgan fingerprint density at radius 3 is 1.83 bits per heavy atom. The average molecular weight is 336 g/mol. The van der Waals surface area contributed by atoms with Crippen molar-refractivity contribution < 1.29 is 26.2 Å². The summed E-state index contributed by atoms with van der Waals surface area (Å²) in [7, 11) is 0. The van der Waals surface area contributed by atoms with E-state index in [1.165, 1.54) is 5.56 Å². The number of aromatic hydroxyl groups is 1. The Hall–Kier alpha value is -0.292. The molecular formula is C10H16OW. The maximum Gasteiger partial charge on any atom is 0.115 e. The Kier molecular flexibility index (Phi) is 10.4. The van der Waals surface area contributed by atoms with Gasteiger partial charge in [-0.1, -0.05) is 32.9 Å². The molecule has 0 spiro atoms. The number of benzene rings is 1. The van der Waals surface area contributed by atoms with E-state index in [0.29, 0.717) is 5.75 Å². The van der Waals surface area contributed by atoms with Crippen molar-refractivity contribution in [1.29, 1.82) is 0 Å². The molecule has 0 saturated heterocycles. The van der Waals surface area contributed by atoms with Crippen molar-refractivity contribution in [3.05, 3.63) is 29.8 Å². The van der Waals surface area contributed by atoms with E-state index in [0.717, 1.165) is 6.42 Å². The van der Waals surface area contributed by atoms with Gasteiger partial charge in [-0.2, -0.15) is 0 Å². The number of hydrogen-bond donors (Lipinski definition) is 1. The molecule has 2 heteroatoms. The molecule has 1 aromatic rings. The second-order valence-corrected chi connectivity index (χ2v) is 2.02. The number of rotatable bonds is 1. The third-order valence-electron chi connectivity index (χ3n) is 1.34. The van der Waals surface area contributed by atoms with Crippen LogP contribution < -0.4 is 0 Å². The first-order valence-corrected chi connectivity index (χ1v) is 4.11. The van der Waals surface area contributed by atoms with Crippen LogP contribution in [0.3, 0.4) is 0 Å². The summed E-state index contributed by atoms with van der Waals surface area (Å²) in [6, 6.07) is 7.27. The molecule has 68 valence electrons. The molecule has 0 heterocycles. The molecule has 0 aliphatic heterocycles. The van der Waals surface area contributed by atoms with Crippen LogP contribution in [0.15, 0.2) is 24.3 Å². The first-order chi connectivity index (χ1) is 5.33. The van der Waals surface area contributed by atoms with Gasteiger partial charge in [0.05, 0.1) is 0 Å². The molecule has 0 amide bonds. The number of phenols is 1. The molecule has 1 N–H and O–H groups in total. The molecule has 0 bridgehead atoms. The third kappa shape index (κ3) is 5.37. The van der Waals surface area contributed by atoms with Crippen molar-refractivity contribution in [1.82, 2.24) is 0 Å². The van der Waals surface area contributed by atoms with E-state index < -0.39 is 0 Å². The van der Waals surface area contributed by atoms with E-state index in [1.807, 2.05) is 26.0 Å². The normalized spacial score (nSPS) is 7.58. The molecular weight excluding hydrogens is 320 g/mol. The fourth-order valence-corrected chi connectivity index (χ4v) is 0.732. The Morgan fingerprint density at radius 2 is 1.50 bits per heavy atom. The maximum absolute atomic E-state index is 8.85. The van der Waals surface area contributed by atoms with Gasteiger partial charge in [0.25, 0.3) is 0 Å². The molecule has 0 aromatic heterocycles. The molecule has 1 rings (SSSR count). The fourth-order valence-electron chi connectivity index (χ4n) is 0.732. The molecule has 0 fully saturated rings. The molecule has 0 aliphatic carbocycles. The summed E-state index contributed by atoms with van der Waals surface area (Å²) in [5, 5.41) is 8.85. The summed E-state index contributed by atoms with van der Waals surface area (Å²) in [5.41, 5.74) is 1.26. The van der Waals surface area contributed by atoms with Gasteiger partial charge in [-0.25, -0.2) is 0 Å². The van der Waals surface area contributed by atoms with E-state index in [2.05, 4.69) is 6.92 Å². The van der Waals surface area contributed by atoms with Gasteiger partial charge in [-0.05, 0) is 24.1 Å². The van der Waals surface area contributed by atoms with Crippen LogP contribution in [0.25, 0.3) is 0 Å². The van der Waals surface area contributed by atoms with Crippen molar-refractivity contribution in [2.75, 3.05) is 0 Å².